The van der Waals surface area contributed by atoms with Crippen molar-refractivity contribution < 1.29 is 4.79 Å². The minimum atomic E-state index is 0.204. The smallest absolute Gasteiger partial charge is 0.223 e. The maximum atomic E-state index is 12.3. The molecule has 1 aliphatic rings. The third-order valence-electron chi connectivity index (χ3n) is 4.86. The lowest BCUT2D eigenvalue weighted by Crippen LogP contribution is -2.32. The molecule has 1 amide bonds. The summed E-state index contributed by atoms with van der Waals surface area (Å²) in [6.07, 6.45) is 8.89. The standard InChI is InChI=1S/C21H34N4O/c1-2-3-4-5-6-9-14-23-21(22)24-15-10-13-20(26)25-16-18-11-7-8-12-19(18)17-25/h7-8,11-12H,2-6,9-10,13-17H2,1H3,(H3,22,23,24). The number of hydrogen-bond donors (Lipinski definition) is 2. The summed E-state index contributed by atoms with van der Waals surface area (Å²) >= 11 is 0. The van der Waals surface area contributed by atoms with Crippen LogP contribution in [0, 0.1) is 0 Å². The lowest BCUT2D eigenvalue weighted by atomic mass is 10.1. The van der Waals surface area contributed by atoms with Crippen LogP contribution in [0.3, 0.4) is 0 Å². The highest BCUT2D eigenvalue weighted by atomic mass is 16.2. The van der Waals surface area contributed by atoms with E-state index in [1.807, 2.05) is 17.0 Å². The highest BCUT2D eigenvalue weighted by molar-refractivity contribution is 5.78. The summed E-state index contributed by atoms with van der Waals surface area (Å²) in [5, 5.41) is 3.16. The number of unbranched alkanes of at least 4 members (excludes halogenated alkanes) is 5. The Kier molecular flexibility index (Phi) is 9.01. The van der Waals surface area contributed by atoms with E-state index in [1.54, 1.807) is 0 Å². The Morgan fingerprint density at radius 1 is 1.08 bits per heavy atom. The van der Waals surface area contributed by atoms with Gasteiger partial charge in [0.25, 0.3) is 0 Å². The number of fused-ring (bicyclic) bond motifs is 1. The van der Waals surface area contributed by atoms with Crippen LogP contribution in [-0.2, 0) is 17.9 Å². The van der Waals surface area contributed by atoms with E-state index in [-0.39, 0.29) is 5.91 Å². The number of nitrogens with zero attached hydrogens (tertiary/aromatic N) is 2. The molecule has 5 heteroatoms. The third-order valence-corrected chi connectivity index (χ3v) is 4.86. The molecular weight excluding hydrogens is 324 g/mol. The topological polar surface area (TPSA) is 70.7 Å². The van der Waals surface area contributed by atoms with Crippen LogP contribution < -0.4 is 11.1 Å². The second-order valence-electron chi connectivity index (χ2n) is 7.08. The Hall–Kier alpha value is -2.04. The first-order chi connectivity index (χ1) is 12.7. The van der Waals surface area contributed by atoms with E-state index in [9.17, 15) is 4.79 Å². The minimum Gasteiger partial charge on any atom is -0.370 e. The van der Waals surface area contributed by atoms with Gasteiger partial charge in [0.1, 0.15) is 0 Å². The van der Waals surface area contributed by atoms with Crippen molar-refractivity contribution in [2.75, 3.05) is 13.1 Å². The number of rotatable bonds is 11. The second kappa shape index (κ2) is 11.6. The largest absolute Gasteiger partial charge is 0.370 e. The van der Waals surface area contributed by atoms with Crippen molar-refractivity contribution in [3.8, 4) is 0 Å². The fourth-order valence-corrected chi connectivity index (χ4v) is 3.28. The zero-order valence-electron chi connectivity index (χ0n) is 16.2. The van der Waals surface area contributed by atoms with E-state index < -0.39 is 0 Å². The van der Waals surface area contributed by atoms with Crippen molar-refractivity contribution in [3.05, 3.63) is 35.4 Å². The Bertz CT molecular complexity index is 560. The monoisotopic (exact) mass is 358 g/mol. The van der Waals surface area contributed by atoms with Crippen LogP contribution in [0.25, 0.3) is 0 Å². The van der Waals surface area contributed by atoms with Crippen molar-refractivity contribution >= 4 is 11.9 Å². The molecule has 1 aromatic carbocycles. The molecule has 0 atom stereocenters. The molecule has 0 saturated heterocycles. The molecule has 2 rings (SSSR count). The van der Waals surface area contributed by atoms with Crippen molar-refractivity contribution in [2.24, 2.45) is 10.7 Å². The Labute approximate surface area is 158 Å². The van der Waals surface area contributed by atoms with Crippen molar-refractivity contribution in [1.82, 2.24) is 10.2 Å². The predicted molar refractivity (Wildman–Crippen MR) is 108 cm³/mol. The van der Waals surface area contributed by atoms with Gasteiger partial charge in [-0.15, -0.1) is 0 Å². The molecule has 0 saturated carbocycles. The van der Waals surface area contributed by atoms with Crippen LogP contribution >= 0.6 is 0 Å². The summed E-state index contributed by atoms with van der Waals surface area (Å²) in [5.74, 6) is 0.703. The SMILES string of the molecule is CCCCCCCCNC(N)=NCCCC(=O)N1Cc2ccccc2C1. The second-order valence-corrected chi connectivity index (χ2v) is 7.08. The molecule has 0 aliphatic carbocycles. The number of guanidine groups is 1. The number of nitrogens with one attached hydrogen (secondary N) is 1. The summed E-state index contributed by atoms with van der Waals surface area (Å²) in [4.78, 5) is 18.6. The van der Waals surface area contributed by atoms with Crippen LogP contribution in [0.4, 0.5) is 0 Å². The maximum absolute atomic E-state index is 12.3. The van der Waals surface area contributed by atoms with Crippen LogP contribution in [0.1, 0.15) is 69.4 Å². The number of aliphatic imine (C=N–C) groups is 1. The van der Waals surface area contributed by atoms with Crippen LogP contribution in [-0.4, -0.2) is 29.9 Å². The van der Waals surface area contributed by atoms with Gasteiger partial charge in [-0.3, -0.25) is 9.79 Å². The number of carbonyl (C=O) groups excluding carboxylic acids is 1. The average molecular weight is 359 g/mol. The molecule has 1 heterocycles. The van der Waals surface area contributed by atoms with Gasteiger partial charge in [0.15, 0.2) is 5.96 Å². The van der Waals surface area contributed by atoms with Crippen LogP contribution in [0.5, 0.6) is 0 Å². The van der Waals surface area contributed by atoms with Crippen LogP contribution in [0.2, 0.25) is 0 Å². The summed E-state index contributed by atoms with van der Waals surface area (Å²) < 4.78 is 0. The van der Waals surface area contributed by atoms with Gasteiger partial charge in [-0.2, -0.15) is 0 Å². The lowest BCUT2D eigenvalue weighted by Gasteiger charge is -2.14. The maximum Gasteiger partial charge on any atom is 0.223 e. The van der Waals surface area contributed by atoms with Gasteiger partial charge < -0.3 is 16.0 Å². The zero-order chi connectivity index (χ0) is 18.6. The number of amides is 1. The van der Waals surface area contributed by atoms with Gasteiger partial charge in [0.05, 0.1) is 0 Å². The summed E-state index contributed by atoms with van der Waals surface area (Å²) in [5.41, 5.74) is 8.41. The number of carbonyl (C=O) groups is 1. The molecule has 144 valence electrons. The quantitative estimate of drug-likeness (QED) is 0.361. The fraction of sp³-hybridized carbons (Fsp3) is 0.619. The molecule has 0 bridgehead atoms. The molecule has 1 aliphatic heterocycles. The Morgan fingerprint density at radius 2 is 1.73 bits per heavy atom. The first kappa shape index (κ1) is 20.3. The normalized spacial score (nSPS) is 13.7. The van der Waals surface area contributed by atoms with Gasteiger partial charge >= 0.3 is 0 Å². The van der Waals surface area contributed by atoms with E-state index in [1.165, 1.54) is 43.2 Å². The summed E-state index contributed by atoms with van der Waals surface area (Å²) in [6, 6.07) is 8.26. The van der Waals surface area contributed by atoms with E-state index >= 15 is 0 Å². The van der Waals surface area contributed by atoms with E-state index in [0.717, 1.165) is 32.5 Å². The zero-order valence-corrected chi connectivity index (χ0v) is 16.2. The fourth-order valence-electron chi connectivity index (χ4n) is 3.28. The Balaban J connectivity index is 1.52. The average Bonchev–Trinajstić information content (AvgIpc) is 3.08. The van der Waals surface area contributed by atoms with Crippen molar-refractivity contribution in [2.45, 2.75) is 71.4 Å². The molecule has 1 aromatic rings. The molecule has 0 aromatic heterocycles. The number of nitrogens with two attached hydrogens (primary N) is 1. The molecular formula is C21H34N4O. The van der Waals surface area contributed by atoms with Gasteiger partial charge in [0, 0.05) is 32.6 Å². The number of hydrogen-bond acceptors (Lipinski definition) is 2. The highest BCUT2D eigenvalue weighted by Crippen LogP contribution is 2.22. The molecule has 26 heavy (non-hydrogen) atoms. The molecule has 5 nitrogen and oxygen atoms in total. The van der Waals surface area contributed by atoms with E-state index in [2.05, 4.69) is 29.4 Å². The summed E-state index contributed by atoms with van der Waals surface area (Å²) in [7, 11) is 0. The molecule has 3 N–H and O–H groups in total. The van der Waals surface area contributed by atoms with Crippen molar-refractivity contribution in [1.29, 1.82) is 0 Å². The lowest BCUT2D eigenvalue weighted by molar-refractivity contribution is -0.131. The van der Waals surface area contributed by atoms with E-state index in [4.69, 9.17) is 5.73 Å². The molecule has 0 radical (unpaired) electrons. The van der Waals surface area contributed by atoms with Crippen molar-refractivity contribution in [3.63, 3.8) is 0 Å². The van der Waals surface area contributed by atoms with Gasteiger partial charge in [-0.05, 0) is 24.0 Å². The molecule has 0 fully saturated rings. The first-order valence-electron chi connectivity index (χ1n) is 10.1. The minimum absolute atomic E-state index is 0.204. The van der Waals surface area contributed by atoms with Gasteiger partial charge in [0.2, 0.25) is 5.91 Å². The molecule has 0 spiro atoms. The van der Waals surface area contributed by atoms with E-state index in [0.29, 0.717) is 18.9 Å². The van der Waals surface area contributed by atoms with Gasteiger partial charge in [-0.25, -0.2) is 0 Å². The predicted octanol–water partition coefficient (Wildman–Crippen LogP) is 3.57. The van der Waals surface area contributed by atoms with Gasteiger partial charge in [-0.1, -0.05) is 63.3 Å². The third kappa shape index (κ3) is 7.06. The first-order valence-corrected chi connectivity index (χ1v) is 10.1. The summed E-state index contributed by atoms with van der Waals surface area (Å²) in [6.45, 7) is 5.19. The Morgan fingerprint density at radius 3 is 2.42 bits per heavy atom. The number of benzene rings is 1. The van der Waals surface area contributed by atoms with Crippen LogP contribution in [0.15, 0.2) is 29.3 Å². The highest BCUT2D eigenvalue weighted by Gasteiger charge is 2.21. The molecule has 0 unspecified atom stereocenters.